The Labute approximate surface area is 120 Å². The summed E-state index contributed by atoms with van der Waals surface area (Å²) in [6.07, 6.45) is 1.99. The zero-order chi connectivity index (χ0) is 12.5. The molecule has 0 radical (unpaired) electrons. The van der Waals surface area contributed by atoms with E-state index in [-0.39, 0.29) is 0 Å². The van der Waals surface area contributed by atoms with Crippen LogP contribution in [-0.2, 0) is 6.42 Å². The maximum absolute atomic E-state index is 9.83. The van der Waals surface area contributed by atoms with Gasteiger partial charge in [-0.2, -0.15) is 0 Å². The quantitative estimate of drug-likeness (QED) is 0.799. The number of nitrogens with one attached hydrogen (secondary N) is 1. The molecule has 0 saturated heterocycles. The second kappa shape index (κ2) is 4.80. The van der Waals surface area contributed by atoms with Gasteiger partial charge in [0.2, 0.25) is 0 Å². The van der Waals surface area contributed by atoms with Gasteiger partial charge in [0.05, 0.1) is 6.04 Å². The molecular weight excluding hydrogens is 337 g/mol. The van der Waals surface area contributed by atoms with Gasteiger partial charge in [-0.25, -0.2) is 0 Å². The summed E-state index contributed by atoms with van der Waals surface area (Å²) in [4.78, 5) is 0. The van der Waals surface area contributed by atoms with Gasteiger partial charge in [-0.1, -0.05) is 18.2 Å². The molecule has 2 aromatic carbocycles. The molecular formula is C15H14INO. The summed E-state index contributed by atoms with van der Waals surface area (Å²) in [7, 11) is 0. The largest absolute Gasteiger partial charge is 0.508 e. The molecule has 1 aliphatic carbocycles. The number of fused-ring (bicyclic) bond motifs is 1. The molecule has 0 aromatic heterocycles. The average Bonchev–Trinajstić information content (AvgIpc) is 2.74. The molecule has 0 amide bonds. The molecule has 3 heteroatoms. The Morgan fingerprint density at radius 2 is 2.00 bits per heavy atom. The summed E-state index contributed by atoms with van der Waals surface area (Å²) in [5, 5.41) is 13.4. The van der Waals surface area contributed by atoms with Gasteiger partial charge >= 0.3 is 0 Å². The van der Waals surface area contributed by atoms with E-state index in [0.29, 0.717) is 11.8 Å². The molecule has 1 unspecified atom stereocenters. The first-order valence-corrected chi connectivity index (χ1v) is 7.15. The molecule has 2 aromatic rings. The number of aromatic hydroxyl groups is 1. The van der Waals surface area contributed by atoms with Gasteiger partial charge in [-0.15, -0.1) is 0 Å². The molecule has 0 spiro atoms. The molecule has 18 heavy (non-hydrogen) atoms. The van der Waals surface area contributed by atoms with Crippen molar-refractivity contribution in [1.29, 1.82) is 0 Å². The lowest BCUT2D eigenvalue weighted by atomic mass is 10.1. The lowest BCUT2D eigenvalue weighted by molar-refractivity contribution is 0.469. The number of hydrogen-bond acceptors (Lipinski definition) is 2. The number of phenolic OH excluding ortho intramolecular Hbond substituents is 1. The molecule has 0 heterocycles. The highest BCUT2D eigenvalue weighted by Gasteiger charge is 2.24. The van der Waals surface area contributed by atoms with Crippen LogP contribution in [0.4, 0.5) is 5.69 Å². The maximum Gasteiger partial charge on any atom is 0.119 e. The standard InChI is InChI=1S/C15H14INO/c16-10-3-1-4-11(9-10)17-14-8-7-13-12(14)5-2-6-15(13)18/h1-6,9,14,17-18H,7-8H2. The SMILES string of the molecule is Oc1cccc2c1CCC2Nc1cccc(I)c1. The highest BCUT2D eigenvalue weighted by atomic mass is 127. The Bertz CT molecular complexity index is 582. The van der Waals surface area contributed by atoms with E-state index >= 15 is 0 Å². The van der Waals surface area contributed by atoms with Gasteiger partial charge in [-0.3, -0.25) is 0 Å². The number of benzene rings is 2. The number of hydrogen-bond donors (Lipinski definition) is 2. The Morgan fingerprint density at radius 3 is 2.83 bits per heavy atom. The van der Waals surface area contributed by atoms with E-state index in [1.54, 1.807) is 6.07 Å². The van der Waals surface area contributed by atoms with Crippen LogP contribution in [-0.4, -0.2) is 5.11 Å². The molecule has 0 fully saturated rings. The maximum atomic E-state index is 9.83. The van der Waals surface area contributed by atoms with Crippen molar-refractivity contribution in [3.63, 3.8) is 0 Å². The smallest absolute Gasteiger partial charge is 0.119 e. The van der Waals surface area contributed by atoms with Crippen LogP contribution in [0.5, 0.6) is 5.75 Å². The van der Waals surface area contributed by atoms with Gasteiger partial charge in [0.15, 0.2) is 0 Å². The van der Waals surface area contributed by atoms with E-state index in [1.807, 2.05) is 6.07 Å². The minimum Gasteiger partial charge on any atom is -0.508 e. The molecule has 92 valence electrons. The van der Waals surface area contributed by atoms with Crippen molar-refractivity contribution in [2.45, 2.75) is 18.9 Å². The van der Waals surface area contributed by atoms with Crippen molar-refractivity contribution in [2.24, 2.45) is 0 Å². The van der Waals surface area contributed by atoms with Gasteiger partial charge in [0, 0.05) is 9.26 Å². The highest BCUT2D eigenvalue weighted by Crippen LogP contribution is 2.38. The van der Waals surface area contributed by atoms with Gasteiger partial charge in [-0.05, 0) is 70.8 Å². The van der Waals surface area contributed by atoms with Crippen LogP contribution < -0.4 is 5.32 Å². The van der Waals surface area contributed by atoms with Crippen LogP contribution in [0.1, 0.15) is 23.6 Å². The monoisotopic (exact) mass is 351 g/mol. The fraction of sp³-hybridized carbons (Fsp3) is 0.200. The molecule has 0 aliphatic heterocycles. The number of phenols is 1. The van der Waals surface area contributed by atoms with Crippen LogP contribution >= 0.6 is 22.6 Å². The predicted octanol–water partition coefficient (Wildman–Crippen LogP) is 4.10. The van der Waals surface area contributed by atoms with Crippen molar-refractivity contribution in [2.75, 3.05) is 5.32 Å². The fourth-order valence-electron chi connectivity index (χ4n) is 2.56. The summed E-state index contributed by atoms with van der Waals surface area (Å²) >= 11 is 2.32. The third kappa shape index (κ3) is 2.19. The van der Waals surface area contributed by atoms with Gasteiger partial charge in [0.25, 0.3) is 0 Å². The van der Waals surface area contributed by atoms with E-state index in [0.717, 1.165) is 24.1 Å². The first kappa shape index (κ1) is 11.8. The number of anilines is 1. The summed E-state index contributed by atoms with van der Waals surface area (Å²) in [6, 6.07) is 14.5. The van der Waals surface area contributed by atoms with Crippen LogP contribution in [0.15, 0.2) is 42.5 Å². The first-order chi connectivity index (χ1) is 8.74. The zero-order valence-corrected chi connectivity index (χ0v) is 12.0. The lowest BCUT2D eigenvalue weighted by Crippen LogP contribution is -2.06. The minimum atomic E-state index is 0.310. The molecule has 0 saturated carbocycles. The Kier molecular flexibility index (Phi) is 3.16. The fourth-order valence-corrected chi connectivity index (χ4v) is 3.11. The van der Waals surface area contributed by atoms with Crippen LogP contribution in [0.3, 0.4) is 0 Å². The molecule has 2 N–H and O–H groups in total. The lowest BCUT2D eigenvalue weighted by Gasteiger charge is -2.15. The van der Waals surface area contributed by atoms with E-state index in [4.69, 9.17) is 0 Å². The number of rotatable bonds is 2. The third-order valence-corrected chi connectivity index (χ3v) is 4.08. The Balaban J connectivity index is 1.87. The predicted molar refractivity (Wildman–Crippen MR) is 82.0 cm³/mol. The summed E-state index contributed by atoms with van der Waals surface area (Å²) in [6.45, 7) is 0. The summed E-state index contributed by atoms with van der Waals surface area (Å²) < 4.78 is 1.23. The highest BCUT2D eigenvalue weighted by molar-refractivity contribution is 14.1. The first-order valence-electron chi connectivity index (χ1n) is 6.07. The normalized spacial score (nSPS) is 17.5. The van der Waals surface area contributed by atoms with Crippen LogP contribution in [0, 0.1) is 3.57 Å². The third-order valence-electron chi connectivity index (χ3n) is 3.41. The Hall–Kier alpha value is -1.23. The second-order valence-electron chi connectivity index (χ2n) is 4.59. The molecule has 0 bridgehead atoms. The van der Waals surface area contributed by atoms with E-state index < -0.39 is 0 Å². The minimum absolute atomic E-state index is 0.310. The topological polar surface area (TPSA) is 32.3 Å². The number of halogens is 1. The summed E-state index contributed by atoms with van der Waals surface area (Å²) in [5.74, 6) is 0.430. The average molecular weight is 351 g/mol. The van der Waals surface area contributed by atoms with E-state index in [1.165, 1.54) is 9.13 Å². The zero-order valence-electron chi connectivity index (χ0n) is 9.86. The van der Waals surface area contributed by atoms with Gasteiger partial charge < -0.3 is 10.4 Å². The Morgan fingerprint density at radius 1 is 1.17 bits per heavy atom. The van der Waals surface area contributed by atoms with Crippen molar-refractivity contribution < 1.29 is 5.11 Å². The van der Waals surface area contributed by atoms with E-state index in [2.05, 4.69) is 58.2 Å². The molecule has 1 aliphatic rings. The van der Waals surface area contributed by atoms with Crippen LogP contribution in [0.2, 0.25) is 0 Å². The molecule has 3 rings (SSSR count). The van der Waals surface area contributed by atoms with Crippen molar-refractivity contribution >= 4 is 28.3 Å². The van der Waals surface area contributed by atoms with E-state index in [9.17, 15) is 5.11 Å². The van der Waals surface area contributed by atoms with Gasteiger partial charge in [0.1, 0.15) is 5.75 Å². The molecule has 2 nitrogen and oxygen atoms in total. The van der Waals surface area contributed by atoms with Crippen molar-refractivity contribution in [1.82, 2.24) is 0 Å². The molecule has 1 atom stereocenters. The second-order valence-corrected chi connectivity index (χ2v) is 5.84. The van der Waals surface area contributed by atoms with Crippen molar-refractivity contribution in [3.05, 3.63) is 57.2 Å². The van der Waals surface area contributed by atoms with Crippen molar-refractivity contribution in [3.8, 4) is 5.75 Å². The summed E-state index contributed by atoms with van der Waals surface area (Å²) in [5.41, 5.74) is 3.47. The van der Waals surface area contributed by atoms with Crippen LogP contribution in [0.25, 0.3) is 0 Å².